The van der Waals surface area contributed by atoms with Gasteiger partial charge in [0.05, 0.1) is 0 Å². The van der Waals surface area contributed by atoms with Crippen molar-refractivity contribution >= 4 is 0 Å². The molecule has 34 valence electrons. The maximum Gasteiger partial charge on any atom is 4.00 e. The van der Waals surface area contributed by atoms with Crippen molar-refractivity contribution in [1.82, 2.24) is 0 Å². The van der Waals surface area contributed by atoms with Gasteiger partial charge < -0.3 is 21.9 Å². The molecule has 0 bridgehead atoms. The van der Waals surface area contributed by atoms with E-state index in [1.165, 1.54) is 0 Å². The van der Waals surface area contributed by atoms with Gasteiger partial charge in [0, 0.05) is 0 Å². The molecule has 0 rings (SSSR count). The molecule has 0 aliphatic carbocycles. The van der Waals surface area contributed by atoms with Gasteiger partial charge in [0.15, 0.2) is 0 Å². The van der Waals surface area contributed by atoms with Crippen molar-refractivity contribution in [3.8, 4) is 0 Å². The van der Waals surface area contributed by atoms with Crippen molar-refractivity contribution in [3.05, 3.63) is 0 Å². The monoisotopic (exact) mass is 228 g/mol. The summed E-state index contributed by atoms with van der Waals surface area (Å²) in [6.07, 6.45) is 0. The van der Waals surface area contributed by atoms with Crippen molar-refractivity contribution in [2.75, 3.05) is 0 Å². The Bertz CT molecular complexity index is 7.51. The van der Waals surface area contributed by atoms with Crippen LogP contribution < -0.4 is 0 Å². The van der Waals surface area contributed by atoms with Gasteiger partial charge in [-0.2, -0.15) is 0 Å². The minimum Gasteiger partial charge on any atom is -2.00 e. The van der Waals surface area contributed by atoms with Gasteiger partial charge in [-0.3, -0.25) is 0 Å². The topological polar surface area (TPSA) is 117 Å². The van der Waals surface area contributed by atoms with Gasteiger partial charge in [-0.15, -0.1) is 0 Å². The summed E-state index contributed by atoms with van der Waals surface area (Å²) in [4.78, 5) is 0. The van der Waals surface area contributed by atoms with Crippen LogP contribution in [0.4, 0.5) is 0 Å². The molecule has 0 unspecified atom stereocenters. The molecule has 0 spiro atoms. The summed E-state index contributed by atoms with van der Waals surface area (Å²) in [5, 5.41) is 0. The van der Waals surface area contributed by atoms with Gasteiger partial charge in [-0.25, -0.2) is 0 Å². The molecule has 0 fully saturated rings. The Hall–Kier alpha value is 1.15. The van der Waals surface area contributed by atoms with Crippen molar-refractivity contribution < 1.29 is 62.4 Å². The Balaban J connectivity index is 0. The first-order chi connectivity index (χ1) is 0. The molecule has 6 heavy (non-hydrogen) atoms. The zero-order valence-corrected chi connectivity index (χ0v) is 7.80. The van der Waals surface area contributed by atoms with Crippen LogP contribution >= 0.6 is 0 Å². The predicted octanol–water partition coefficient (Wildman–Crippen LogP) is -0.596. The first-order valence-electron chi connectivity index (χ1n) is 0. The molecule has 0 saturated carbocycles. The van der Waals surface area contributed by atoms with Gasteiger partial charge in [0.1, 0.15) is 0 Å². The van der Waals surface area contributed by atoms with E-state index in [9.17, 15) is 0 Å². The van der Waals surface area contributed by atoms with Gasteiger partial charge in [0.25, 0.3) is 0 Å². The second-order valence-corrected chi connectivity index (χ2v) is 0. The van der Waals surface area contributed by atoms with E-state index in [1.807, 2.05) is 0 Å². The van der Waals surface area contributed by atoms with Gasteiger partial charge in [-0.1, -0.05) is 0 Å². The third-order valence-corrected chi connectivity index (χ3v) is 0. The van der Waals surface area contributed by atoms with Crippen LogP contribution in [0.1, 0.15) is 0 Å². The van der Waals surface area contributed by atoms with E-state index in [0.717, 1.165) is 0 Å². The van der Waals surface area contributed by atoms with Crippen LogP contribution in [0, 0.1) is 0 Å². The third kappa shape index (κ3) is 66.9. The van der Waals surface area contributed by atoms with Crippen LogP contribution in [-0.4, -0.2) is 11.0 Å². The summed E-state index contributed by atoms with van der Waals surface area (Å²) in [5.74, 6) is 0. The number of hydrogen-bond donors (Lipinski definition) is 0. The Labute approximate surface area is 62.6 Å². The minimum atomic E-state index is 0. The van der Waals surface area contributed by atoms with Crippen molar-refractivity contribution in [1.29, 1.82) is 0 Å². The Morgan fingerprint density at radius 1 is 0.667 bits per heavy atom. The van der Waals surface area contributed by atoms with Gasteiger partial charge in [0.2, 0.25) is 0 Å². The van der Waals surface area contributed by atoms with Crippen LogP contribution in [0.3, 0.4) is 0 Å². The molecular formula is H2MoO4Zn. The van der Waals surface area contributed by atoms with E-state index >= 15 is 0 Å². The second kappa shape index (κ2) is 123. The minimum absolute atomic E-state index is 0. The molecule has 0 amide bonds. The number of rotatable bonds is 0. The normalized spacial score (nSPS) is 0. The molecule has 0 saturated heterocycles. The molecule has 0 aliphatic heterocycles. The standard InChI is InChI=1S/Mo.2H2O.2O.Zn/h;2*1H2;;;/q+4;;;2*-2;+2/p-2. The molecule has 4 nitrogen and oxygen atoms in total. The van der Waals surface area contributed by atoms with Crippen molar-refractivity contribution in [3.63, 3.8) is 0 Å². The van der Waals surface area contributed by atoms with Crippen LogP contribution in [-0.2, 0) is 51.5 Å². The summed E-state index contributed by atoms with van der Waals surface area (Å²) >= 11 is 0. The third-order valence-electron chi connectivity index (χ3n) is 0. The largest absolute Gasteiger partial charge is 4.00 e. The second-order valence-electron chi connectivity index (χ2n) is 0. The maximum absolute atomic E-state index is 0. The van der Waals surface area contributed by atoms with E-state index in [0.29, 0.717) is 0 Å². The molecule has 0 aromatic carbocycles. The molecule has 2 N–H and O–H groups in total. The summed E-state index contributed by atoms with van der Waals surface area (Å²) in [7, 11) is 0. The van der Waals surface area contributed by atoms with Gasteiger partial charge in [-0.05, 0) is 0 Å². The van der Waals surface area contributed by atoms with E-state index in [2.05, 4.69) is 0 Å². The predicted molar refractivity (Wildman–Crippen MR) is 5.24 cm³/mol. The first kappa shape index (κ1) is 204. The van der Waals surface area contributed by atoms with Gasteiger partial charge >= 0.3 is 40.5 Å². The quantitative estimate of drug-likeness (QED) is 0.514. The molecule has 0 atom stereocenters. The Morgan fingerprint density at radius 2 is 0.667 bits per heavy atom. The number of hydrogen-bond acceptors (Lipinski definition) is 2. The van der Waals surface area contributed by atoms with Crippen LogP contribution in [0.5, 0.6) is 0 Å². The van der Waals surface area contributed by atoms with E-state index in [-0.39, 0.29) is 62.4 Å². The summed E-state index contributed by atoms with van der Waals surface area (Å²) in [6.45, 7) is 0. The van der Waals surface area contributed by atoms with Crippen LogP contribution in [0.2, 0.25) is 0 Å². The SMILES string of the molecule is [Mo+4].[O-2].[O-2].[OH-].[OH-].[Zn+2]. The molecule has 6 heteroatoms. The Kier molecular flexibility index (Phi) is 4190. The molecule has 0 heterocycles. The molecule has 0 radical (unpaired) electrons. The zero-order chi connectivity index (χ0) is 0. The average molecular weight is 227 g/mol. The summed E-state index contributed by atoms with van der Waals surface area (Å²) in [6, 6.07) is 0. The van der Waals surface area contributed by atoms with Crippen molar-refractivity contribution in [2.24, 2.45) is 0 Å². The van der Waals surface area contributed by atoms with Crippen LogP contribution in [0.15, 0.2) is 0 Å². The first-order valence-corrected chi connectivity index (χ1v) is 0. The zero-order valence-electron chi connectivity index (χ0n) is 2.83. The molecule has 0 aliphatic rings. The fraction of sp³-hybridized carbons (Fsp3) is 0. The Morgan fingerprint density at radius 3 is 0.667 bits per heavy atom. The summed E-state index contributed by atoms with van der Waals surface area (Å²) < 4.78 is 0. The van der Waals surface area contributed by atoms with Crippen LogP contribution in [0.25, 0.3) is 0 Å². The fourth-order valence-electron chi connectivity index (χ4n) is 0. The van der Waals surface area contributed by atoms with E-state index in [1.54, 1.807) is 0 Å². The molecule has 0 aromatic rings. The van der Waals surface area contributed by atoms with E-state index < -0.39 is 0 Å². The average Bonchev–Trinajstić information content (AvgIpc) is 0. The fourth-order valence-corrected chi connectivity index (χ4v) is 0. The summed E-state index contributed by atoms with van der Waals surface area (Å²) in [5.41, 5.74) is 0. The molecule has 0 aromatic heterocycles. The molecular weight excluding hydrogens is 225 g/mol. The maximum atomic E-state index is 0. The smallest absolute Gasteiger partial charge is 2.00 e. The van der Waals surface area contributed by atoms with Crippen molar-refractivity contribution in [2.45, 2.75) is 0 Å². The van der Waals surface area contributed by atoms with E-state index in [4.69, 9.17) is 0 Å².